The summed E-state index contributed by atoms with van der Waals surface area (Å²) in [5, 5.41) is 2.64. The van der Waals surface area contributed by atoms with Crippen LogP contribution < -0.4 is 15.9 Å². The molecule has 9 rings (SSSR count). The Labute approximate surface area is 239 Å². The molecule has 3 nitrogen and oxygen atoms in total. The van der Waals surface area contributed by atoms with Gasteiger partial charge in [0.1, 0.15) is 5.82 Å². The Morgan fingerprint density at radius 1 is 0.951 bits per heavy atom. The quantitative estimate of drug-likeness (QED) is 0.225. The van der Waals surface area contributed by atoms with Crippen molar-refractivity contribution in [2.75, 3.05) is 0 Å². The molecule has 196 valence electrons. The van der Waals surface area contributed by atoms with Gasteiger partial charge in [-0.1, -0.05) is 98.0 Å². The summed E-state index contributed by atoms with van der Waals surface area (Å²) in [4.78, 5) is 4.98. The number of imidazole rings is 1. The molecule has 0 radical (unpaired) electrons. The van der Waals surface area contributed by atoms with Gasteiger partial charge in [0, 0.05) is 28.3 Å². The molecule has 2 unspecified atom stereocenters. The second kappa shape index (κ2) is 8.28. The predicted molar refractivity (Wildman–Crippen MR) is 169 cm³/mol. The van der Waals surface area contributed by atoms with Gasteiger partial charge in [-0.15, -0.1) is 0 Å². The molecule has 2 atom stereocenters. The smallest absolute Gasteiger partial charge is 0.175 e. The third kappa shape index (κ3) is 2.99. The van der Waals surface area contributed by atoms with Crippen LogP contribution in [0.15, 0.2) is 143 Å². The molecule has 0 amide bonds. The number of hydrogen-bond acceptors (Lipinski definition) is 2. The van der Waals surface area contributed by atoms with Crippen molar-refractivity contribution in [3.05, 3.63) is 155 Å². The number of rotatable bonds is 3. The van der Waals surface area contributed by atoms with E-state index in [0.717, 1.165) is 56.9 Å². The number of aromatic nitrogens is 2. The lowest BCUT2D eigenvalue weighted by Gasteiger charge is -2.37. The number of benzene rings is 3. The van der Waals surface area contributed by atoms with Gasteiger partial charge in [-0.25, -0.2) is 4.98 Å². The first kappa shape index (κ1) is 23.3. The van der Waals surface area contributed by atoms with E-state index in [1.54, 1.807) is 0 Å². The van der Waals surface area contributed by atoms with Crippen molar-refractivity contribution in [2.45, 2.75) is 19.8 Å². The van der Waals surface area contributed by atoms with Crippen LogP contribution >= 0.6 is 7.14 Å². The molecule has 3 aromatic carbocycles. The molecule has 41 heavy (non-hydrogen) atoms. The number of para-hydroxylation sites is 1. The standard InChI is InChI=1S/C37H27N2OP/c1-2-34-38-30-15-8-16-32-37(30)39(34)31-20-19-25(22-33(31)41(32,40)27-12-4-3-5-13-27)29-21-26-11-6-9-23-17-18-24-10-7-14-28(29)36(24)35(23)26/h3-10,12-22,36H,2,11H2,1H3. The van der Waals surface area contributed by atoms with Crippen molar-refractivity contribution in [3.8, 4) is 5.69 Å². The van der Waals surface area contributed by atoms with Crippen LogP contribution in [-0.2, 0) is 11.0 Å². The fourth-order valence-corrected chi connectivity index (χ4v) is 10.5. The molecule has 4 aliphatic carbocycles. The molecule has 0 bridgehead atoms. The van der Waals surface area contributed by atoms with Crippen LogP contribution in [-0.4, -0.2) is 9.55 Å². The highest BCUT2D eigenvalue weighted by molar-refractivity contribution is 7.86. The van der Waals surface area contributed by atoms with E-state index in [4.69, 9.17) is 4.98 Å². The normalized spacial score (nSPS) is 23.0. The summed E-state index contributed by atoms with van der Waals surface area (Å²) in [6.07, 6.45) is 19.9. The molecule has 2 heterocycles. The van der Waals surface area contributed by atoms with Gasteiger partial charge < -0.3 is 4.57 Å². The second-order valence-electron chi connectivity index (χ2n) is 11.3. The minimum Gasteiger partial charge on any atom is -0.308 e. The van der Waals surface area contributed by atoms with E-state index in [1.807, 2.05) is 42.5 Å². The summed E-state index contributed by atoms with van der Waals surface area (Å²) < 4.78 is 17.9. The molecule has 0 saturated heterocycles. The lowest BCUT2D eigenvalue weighted by molar-refractivity contribution is 0.592. The van der Waals surface area contributed by atoms with Gasteiger partial charge in [0.15, 0.2) is 7.14 Å². The number of nitrogens with zero attached hydrogens (tertiary/aromatic N) is 2. The minimum atomic E-state index is -3.18. The van der Waals surface area contributed by atoms with Crippen LogP contribution in [0.1, 0.15) is 24.7 Å². The molecule has 4 heteroatoms. The first-order chi connectivity index (χ1) is 20.2. The summed E-state index contributed by atoms with van der Waals surface area (Å²) in [5.74, 6) is 1.25. The summed E-state index contributed by atoms with van der Waals surface area (Å²) in [5.41, 5.74) is 12.0. The Hall–Kier alpha value is -4.46. The fourth-order valence-electron chi connectivity index (χ4n) is 7.47. The highest BCUT2D eigenvalue weighted by Crippen LogP contribution is 2.52. The SMILES string of the molecule is CCc1nc2cccc3c2n1-c1ccc(C2=C4C=CC=C5C=CC6=C(C(=C2)CC=C6)C54)cc1P3(=O)c1ccccc1. The van der Waals surface area contributed by atoms with Gasteiger partial charge in [0.25, 0.3) is 0 Å². The Morgan fingerprint density at radius 2 is 1.85 bits per heavy atom. The van der Waals surface area contributed by atoms with E-state index >= 15 is 4.57 Å². The van der Waals surface area contributed by atoms with Gasteiger partial charge in [0.05, 0.1) is 16.7 Å². The molecular formula is C37H27N2OP. The molecule has 4 aromatic rings. The Bertz CT molecular complexity index is 2130. The maximum absolute atomic E-state index is 15.7. The van der Waals surface area contributed by atoms with Gasteiger partial charge in [0.2, 0.25) is 0 Å². The summed E-state index contributed by atoms with van der Waals surface area (Å²) >= 11 is 0. The van der Waals surface area contributed by atoms with Crippen molar-refractivity contribution in [1.29, 1.82) is 0 Å². The van der Waals surface area contributed by atoms with E-state index in [0.29, 0.717) is 0 Å². The summed E-state index contributed by atoms with van der Waals surface area (Å²) in [6.45, 7) is 2.14. The van der Waals surface area contributed by atoms with Gasteiger partial charge in [-0.05, 0) is 69.7 Å². The van der Waals surface area contributed by atoms with Crippen LogP contribution in [0, 0.1) is 5.92 Å². The minimum absolute atomic E-state index is 0.248. The van der Waals surface area contributed by atoms with Crippen LogP contribution in [0.25, 0.3) is 22.3 Å². The third-order valence-corrected chi connectivity index (χ3v) is 12.3. The first-order valence-electron chi connectivity index (χ1n) is 14.4. The van der Waals surface area contributed by atoms with Crippen LogP contribution in [0.3, 0.4) is 0 Å². The number of allylic oxidation sites excluding steroid dienone is 14. The number of hydrogen-bond donors (Lipinski definition) is 0. The Balaban J connectivity index is 1.34. The molecule has 0 spiro atoms. The number of fused-ring (bicyclic) bond motifs is 2. The van der Waals surface area contributed by atoms with Crippen molar-refractivity contribution >= 4 is 39.7 Å². The van der Waals surface area contributed by atoms with Crippen molar-refractivity contribution < 1.29 is 4.57 Å². The Kier molecular flexibility index (Phi) is 4.70. The van der Waals surface area contributed by atoms with Crippen molar-refractivity contribution in [1.82, 2.24) is 9.55 Å². The number of aryl methyl sites for hydroxylation is 1. The lowest BCUT2D eigenvalue weighted by atomic mass is 9.66. The first-order valence-corrected chi connectivity index (χ1v) is 16.1. The Morgan fingerprint density at radius 3 is 2.73 bits per heavy atom. The maximum Gasteiger partial charge on any atom is 0.175 e. The molecular weight excluding hydrogens is 519 g/mol. The third-order valence-electron chi connectivity index (χ3n) is 9.24. The molecule has 0 N–H and O–H groups in total. The highest BCUT2D eigenvalue weighted by Gasteiger charge is 2.41. The van der Waals surface area contributed by atoms with Crippen LogP contribution in [0.2, 0.25) is 0 Å². The zero-order chi connectivity index (χ0) is 27.3. The molecule has 5 aliphatic rings. The molecule has 0 fully saturated rings. The largest absolute Gasteiger partial charge is 0.308 e. The molecule has 0 saturated carbocycles. The monoisotopic (exact) mass is 546 g/mol. The van der Waals surface area contributed by atoms with Crippen LogP contribution in [0.5, 0.6) is 0 Å². The van der Waals surface area contributed by atoms with E-state index in [2.05, 4.69) is 84.4 Å². The van der Waals surface area contributed by atoms with E-state index in [9.17, 15) is 0 Å². The van der Waals surface area contributed by atoms with Crippen molar-refractivity contribution in [3.63, 3.8) is 0 Å². The fraction of sp³-hybridized carbons (Fsp3) is 0.108. The topological polar surface area (TPSA) is 34.9 Å². The summed E-state index contributed by atoms with van der Waals surface area (Å²) in [6, 6.07) is 22.8. The van der Waals surface area contributed by atoms with E-state index < -0.39 is 7.14 Å². The molecule has 1 aromatic heterocycles. The summed E-state index contributed by atoms with van der Waals surface area (Å²) in [7, 11) is -3.18. The zero-order valence-electron chi connectivity index (χ0n) is 22.7. The average molecular weight is 547 g/mol. The van der Waals surface area contributed by atoms with Crippen molar-refractivity contribution in [2.24, 2.45) is 5.92 Å². The van der Waals surface area contributed by atoms with Gasteiger partial charge in [-0.2, -0.15) is 0 Å². The lowest BCUT2D eigenvalue weighted by Crippen LogP contribution is -2.33. The van der Waals surface area contributed by atoms with E-state index in [1.165, 1.54) is 33.4 Å². The molecule has 1 aliphatic heterocycles. The van der Waals surface area contributed by atoms with Gasteiger partial charge in [-0.3, -0.25) is 4.57 Å². The van der Waals surface area contributed by atoms with Crippen LogP contribution in [0.4, 0.5) is 0 Å². The zero-order valence-corrected chi connectivity index (χ0v) is 23.6. The highest BCUT2D eigenvalue weighted by atomic mass is 31.2. The maximum atomic E-state index is 15.7. The average Bonchev–Trinajstić information content (AvgIpc) is 3.42. The van der Waals surface area contributed by atoms with Gasteiger partial charge >= 0.3 is 0 Å². The second-order valence-corrected chi connectivity index (χ2v) is 14.0. The predicted octanol–water partition coefficient (Wildman–Crippen LogP) is 7.17. The van der Waals surface area contributed by atoms with E-state index in [-0.39, 0.29) is 5.92 Å².